The van der Waals surface area contributed by atoms with Crippen LogP contribution in [0.5, 0.6) is 0 Å². The molecular formula is C12H21N3O. The molecule has 0 radical (unpaired) electrons. The molecule has 1 unspecified atom stereocenters. The normalized spacial score (nSPS) is 32.4. The van der Waals surface area contributed by atoms with E-state index in [4.69, 9.17) is 0 Å². The molecule has 1 N–H and O–H groups in total. The molecule has 0 bridgehead atoms. The summed E-state index contributed by atoms with van der Waals surface area (Å²) in [6, 6.07) is 0.612. The summed E-state index contributed by atoms with van der Waals surface area (Å²) < 4.78 is 0. The van der Waals surface area contributed by atoms with E-state index in [1.165, 1.54) is 12.8 Å². The first-order valence-corrected chi connectivity index (χ1v) is 6.58. The fraction of sp³-hybridized carbons (Fsp3) is 0.917. The molecule has 2 saturated heterocycles. The van der Waals surface area contributed by atoms with Crippen molar-refractivity contribution in [2.75, 3.05) is 39.3 Å². The van der Waals surface area contributed by atoms with Crippen LogP contribution in [0.25, 0.3) is 0 Å². The lowest BCUT2D eigenvalue weighted by Gasteiger charge is -2.29. The summed E-state index contributed by atoms with van der Waals surface area (Å²) in [7, 11) is 0. The predicted molar refractivity (Wildman–Crippen MR) is 62.2 cm³/mol. The Hall–Kier alpha value is -0.610. The van der Waals surface area contributed by atoms with Gasteiger partial charge in [-0.15, -0.1) is 0 Å². The van der Waals surface area contributed by atoms with E-state index in [9.17, 15) is 4.79 Å². The zero-order valence-corrected chi connectivity index (χ0v) is 9.82. The quantitative estimate of drug-likeness (QED) is 0.726. The first-order valence-electron chi connectivity index (χ1n) is 6.58. The van der Waals surface area contributed by atoms with Gasteiger partial charge in [-0.05, 0) is 19.3 Å². The van der Waals surface area contributed by atoms with Crippen LogP contribution >= 0.6 is 0 Å². The maximum atomic E-state index is 12.1. The van der Waals surface area contributed by atoms with E-state index in [-0.39, 0.29) is 0 Å². The number of carbonyl (C=O) groups excluding carboxylic acids is 1. The van der Waals surface area contributed by atoms with E-state index in [0.717, 1.165) is 45.7 Å². The highest BCUT2D eigenvalue weighted by atomic mass is 16.2. The molecule has 0 aromatic carbocycles. The van der Waals surface area contributed by atoms with Crippen molar-refractivity contribution in [1.29, 1.82) is 0 Å². The maximum absolute atomic E-state index is 12.1. The Labute approximate surface area is 97.0 Å². The standard InChI is InChI=1S/C12H21N3O/c16-12-10(3-6-15(12)11-1-2-11)9-14-7-4-13-5-8-14/h10-11,13H,1-9H2. The molecule has 1 saturated carbocycles. The smallest absolute Gasteiger partial charge is 0.227 e. The third kappa shape index (κ3) is 2.09. The Morgan fingerprint density at radius 1 is 1.12 bits per heavy atom. The Kier molecular flexibility index (Phi) is 2.86. The maximum Gasteiger partial charge on any atom is 0.227 e. The summed E-state index contributed by atoms with van der Waals surface area (Å²) >= 11 is 0. The first kappa shape index (κ1) is 10.5. The molecule has 2 heterocycles. The fourth-order valence-corrected chi connectivity index (χ4v) is 2.89. The van der Waals surface area contributed by atoms with Crippen LogP contribution in [0.15, 0.2) is 0 Å². The second-order valence-corrected chi connectivity index (χ2v) is 5.30. The molecule has 1 atom stereocenters. The molecule has 16 heavy (non-hydrogen) atoms. The van der Waals surface area contributed by atoms with E-state index in [2.05, 4.69) is 15.1 Å². The number of rotatable bonds is 3. The van der Waals surface area contributed by atoms with Gasteiger partial charge in [-0.25, -0.2) is 0 Å². The third-order valence-corrected chi connectivity index (χ3v) is 4.03. The molecule has 4 heteroatoms. The second kappa shape index (κ2) is 4.34. The van der Waals surface area contributed by atoms with Crippen molar-refractivity contribution >= 4 is 5.91 Å². The van der Waals surface area contributed by atoms with Gasteiger partial charge in [-0.3, -0.25) is 4.79 Å². The van der Waals surface area contributed by atoms with Gasteiger partial charge < -0.3 is 15.1 Å². The van der Waals surface area contributed by atoms with E-state index in [1.54, 1.807) is 0 Å². The van der Waals surface area contributed by atoms with E-state index >= 15 is 0 Å². The zero-order valence-electron chi connectivity index (χ0n) is 9.82. The molecule has 3 rings (SSSR count). The SMILES string of the molecule is O=C1C(CN2CCNCC2)CCN1C1CC1. The Morgan fingerprint density at radius 3 is 2.56 bits per heavy atom. The molecule has 0 spiro atoms. The number of amides is 1. The lowest BCUT2D eigenvalue weighted by Crippen LogP contribution is -2.46. The lowest BCUT2D eigenvalue weighted by atomic mass is 10.1. The molecule has 4 nitrogen and oxygen atoms in total. The van der Waals surface area contributed by atoms with Gasteiger partial charge in [0.1, 0.15) is 0 Å². The van der Waals surface area contributed by atoms with Gasteiger partial charge >= 0.3 is 0 Å². The average molecular weight is 223 g/mol. The molecule has 3 fully saturated rings. The number of hydrogen-bond donors (Lipinski definition) is 1. The van der Waals surface area contributed by atoms with Crippen LogP contribution in [0.4, 0.5) is 0 Å². The van der Waals surface area contributed by atoms with Crippen LogP contribution in [0.1, 0.15) is 19.3 Å². The van der Waals surface area contributed by atoms with Crippen molar-refractivity contribution in [2.24, 2.45) is 5.92 Å². The van der Waals surface area contributed by atoms with Gasteiger partial charge in [0.15, 0.2) is 0 Å². The van der Waals surface area contributed by atoms with Crippen LogP contribution in [0, 0.1) is 5.92 Å². The van der Waals surface area contributed by atoms with Crippen molar-refractivity contribution < 1.29 is 4.79 Å². The van der Waals surface area contributed by atoms with E-state index in [1.807, 2.05) is 0 Å². The van der Waals surface area contributed by atoms with E-state index in [0.29, 0.717) is 17.9 Å². The Morgan fingerprint density at radius 2 is 1.88 bits per heavy atom. The van der Waals surface area contributed by atoms with Crippen LogP contribution < -0.4 is 5.32 Å². The van der Waals surface area contributed by atoms with Crippen molar-refractivity contribution in [3.05, 3.63) is 0 Å². The van der Waals surface area contributed by atoms with Crippen molar-refractivity contribution in [3.63, 3.8) is 0 Å². The molecular weight excluding hydrogens is 202 g/mol. The third-order valence-electron chi connectivity index (χ3n) is 4.03. The van der Waals surface area contributed by atoms with Crippen molar-refractivity contribution in [1.82, 2.24) is 15.1 Å². The molecule has 1 aliphatic carbocycles. The van der Waals surface area contributed by atoms with Gasteiger partial charge in [0.05, 0.1) is 5.92 Å². The van der Waals surface area contributed by atoms with Gasteiger partial charge in [0.2, 0.25) is 5.91 Å². The van der Waals surface area contributed by atoms with Gasteiger partial charge in [0.25, 0.3) is 0 Å². The molecule has 1 amide bonds. The van der Waals surface area contributed by atoms with E-state index < -0.39 is 0 Å². The average Bonchev–Trinajstić information content (AvgIpc) is 3.08. The van der Waals surface area contributed by atoms with Crippen molar-refractivity contribution in [2.45, 2.75) is 25.3 Å². The number of hydrogen-bond acceptors (Lipinski definition) is 3. The molecule has 3 aliphatic rings. The zero-order chi connectivity index (χ0) is 11.0. The molecule has 90 valence electrons. The minimum Gasteiger partial charge on any atom is -0.339 e. The van der Waals surface area contributed by atoms with Gasteiger partial charge in [0, 0.05) is 45.3 Å². The van der Waals surface area contributed by atoms with Crippen LogP contribution in [-0.4, -0.2) is 61.0 Å². The lowest BCUT2D eigenvalue weighted by molar-refractivity contribution is -0.132. The molecule has 0 aromatic heterocycles. The number of carbonyl (C=O) groups is 1. The monoisotopic (exact) mass is 223 g/mol. The highest BCUT2D eigenvalue weighted by molar-refractivity contribution is 5.81. The summed E-state index contributed by atoms with van der Waals surface area (Å²) in [6.07, 6.45) is 3.57. The minimum atomic E-state index is 0.290. The summed E-state index contributed by atoms with van der Waals surface area (Å²) in [6.45, 7) is 6.37. The van der Waals surface area contributed by atoms with Crippen LogP contribution in [0.3, 0.4) is 0 Å². The predicted octanol–water partition coefficient (Wildman–Crippen LogP) is -0.0975. The second-order valence-electron chi connectivity index (χ2n) is 5.30. The van der Waals surface area contributed by atoms with Crippen LogP contribution in [0.2, 0.25) is 0 Å². The Balaban J connectivity index is 1.53. The molecule has 0 aromatic rings. The fourth-order valence-electron chi connectivity index (χ4n) is 2.89. The number of nitrogens with zero attached hydrogens (tertiary/aromatic N) is 2. The number of piperazine rings is 1. The topological polar surface area (TPSA) is 35.6 Å². The van der Waals surface area contributed by atoms with Gasteiger partial charge in [-0.1, -0.05) is 0 Å². The van der Waals surface area contributed by atoms with Gasteiger partial charge in [-0.2, -0.15) is 0 Å². The Bertz CT molecular complexity index is 271. The largest absolute Gasteiger partial charge is 0.339 e. The van der Waals surface area contributed by atoms with Crippen LogP contribution in [-0.2, 0) is 4.79 Å². The summed E-state index contributed by atoms with van der Waals surface area (Å²) in [4.78, 5) is 16.7. The number of nitrogens with one attached hydrogen (secondary N) is 1. The first-order chi connectivity index (χ1) is 7.84. The highest BCUT2D eigenvalue weighted by Crippen LogP contribution is 2.32. The summed E-state index contributed by atoms with van der Waals surface area (Å²) in [5.74, 6) is 0.722. The minimum absolute atomic E-state index is 0.290. The van der Waals surface area contributed by atoms with Crippen molar-refractivity contribution in [3.8, 4) is 0 Å². The summed E-state index contributed by atoms with van der Waals surface area (Å²) in [5.41, 5.74) is 0. The highest BCUT2D eigenvalue weighted by Gasteiger charge is 2.40. The molecule has 2 aliphatic heterocycles. The number of likely N-dealkylation sites (tertiary alicyclic amines) is 1. The summed E-state index contributed by atoms with van der Waals surface area (Å²) in [5, 5.41) is 3.35.